The van der Waals surface area contributed by atoms with Crippen LogP contribution in [0.5, 0.6) is 0 Å². The van der Waals surface area contributed by atoms with Crippen molar-refractivity contribution < 1.29 is 27.5 Å². The number of esters is 1. The molecule has 8 nitrogen and oxygen atoms in total. The summed E-state index contributed by atoms with van der Waals surface area (Å²) in [6.45, 7) is 0.897. The van der Waals surface area contributed by atoms with Crippen LogP contribution in [-0.4, -0.2) is 46.7 Å². The lowest BCUT2D eigenvalue weighted by atomic mass is 10.1. The molecule has 0 aliphatic carbocycles. The summed E-state index contributed by atoms with van der Waals surface area (Å²) in [5.41, 5.74) is 1.15. The number of amides is 1. The van der Waals surface area contributed by atoms with Gasteiger partial charge in [-0.15, -0.1) is 0 Å². The Morgan fingerprint density at radius 1 is 1.07 bits per heavy atom. The maximum absolute atomic E-state index is 12.4. The van der Waals surface area contributed by atoms with Crippen LogP contribution in [0.1, 0.15) is 33.6 Å². The van der Waals surface area contributed by atoms with Crippen molar-refractivity contribution in [2.45, 2.75) is 23.8 Å². The van der Waals surface area contributed by atoms with Gasteiger partial charge in [0.05, 0.1) is 23.7 Å². The number of sulfonamides is 1. The number of hydrogen-bond donors (Lipinski definition) is 2. The fourth-order valence-corrected chi connectivity index (χ4v) is 3.95. The van der Waals surface area contributed by atoms with Gasteiger partial charge >= 0.3 is 5.97 Å². The van der Waals surface area contributed by atoms with Crippen molar-refractivity contribution in [2.75, 3.05) is 25.6 Å². The SMILES string of the molecule is COC(=O)c1ccc(C(=O)Nc2ccc(S(=O)(=O)NCC3CCCO3)cc2)cc1. The lowest BCUT2D eigenvalue weighted by Crippen LogP contribution is -2.31. The number of ether oxygens (including phenoxy) is 2. The summed E-state index contributed by atoms with van der Waals surface area (Å²) in [5.74, 6) is -0.865. The minimum atomic E-state index is -3.65. The number of rotatable bonds is 7. The van der Waals surface area contributed by atoms with E-state index in [1.165, 1.54) is 55.6 Å². The van der Waals surface area contributed by atoms with Gasteiger partial charge in [0.2, 0.25) is 10.0 Å². The zero-order chi connectivity index (χ0) is 20.9. The number of benzene rings is 2. The predicted octanol–water partition coefficient (Wildman–Crippen LogP) is 2.18. The summed E-state index contributed by atoms with van der Waals surface area (Å²) in [7, 11) is -2.36. The van der Waals surface area contributed by atoms with Crippen LogP contribution in [0.4, 0.5) is 5.69 Å². The van der Waals surface area contributed by atoms with Gasteiger partial charge in [0.1, 0.15) is 0 Å². The van der Waals surface area contributed by atoms with Gasteiger partial charge in [-0.2, -0.15) is 0 Å². The van der Waals surface area contributed by atoms with Crippen molar-refractivity contribution in [3.8, 4) is 0 Å². The highest BCUT2D eigenvalue weighted by Crippen LogP contribution is 2.17. The van der Waals surface area contributed by atoms with Crippen LogP contribution in [0.2, 0.25) is 0 Å². The lowest BCUT2D eigenvalue weighted by molar-refractivity contribution is 0.0600. The molecule has 3 rings (SSSR count). The highest BCUT2D eigenvalue weighted by atomic mass is 32.2. The molecule has 1 aliphatic rings. The van der Waals surface area contributed by atoms with E-state index in [2.05, 4.69) is 14.8 Å². The summed E-state index contributed by atoms with van der Waals surface area (Å²) >= 11 is 0. The zero-order valence-corrected chi connectivity index (χ0v) is 16.7. The van der Waals surface area contributed by atoms with Gasteiger partial charge in [-0.05, 0) is 61.4 Å². The molecule has 1 saturated heterocycles. The lowest BCUT2D eigenvalue weighted by Gasteiger charge is -2.12. The Bertz CT molecular complexity index is 965. The molecule has 0 radical (unpaired) electrons. The highest BCUT2D eigenvalue weighted by Gasteiger charge is 2.20. The molecule has 0 saturated carbocycles. The first kappa shape index (κ1) is 21.0. The van der Waals surface area contributed by atoms with Crippen molar-refractivity contribution in [3.63, 3.8) is 0 Å². The summed E-state index contributed by atoms with van der Waals surface area (Å²) in [5, 5.41) is 2.69. The Hall–Kier alpha value is -2.75. The molecule has 2 aromatic rings. The molecule has 1 heterocycles. The number of hydrogen-bond acceptors (Lipinski definition) is 6. The van der Waals surface area contributed by atoms with Crippen LogP contribution in [0.15, 0.2) is 53.4 Å². The number of carbonyl (C=O) groups is 2. The van der Waals surface area contributed by atoms with Crippen LogP contribution in [0, 0.1) is 0 Å². The molecular formula is C20H22N2O6S. The van der Waals surface area contributed by atoms with Crippen LogP contribution in [0.3, 0.4) is 0 Å². The second kappa shape index (κ2) is 9.17. The Morgan fingerprint density at radius 2 is 1.72 bits per heavy atom. The maximum Gasteiger partial charge on any atom is 0.337 e. The van der Waals surface area contributed by atoms with Gasteiger partial charge in [-0.3, -0.25) is 4.79 Å². The van der Waals surface area contributed by atoms with E-state index in [-0.39, 0.29) is 23.5 Å². The van der Waals surface area contributed by atoms with Crippen molar-refractivity contribution >= 4 is 27.6 Å². The number of methoxy groups -OCH3 is 1. The van der Waals surface area contributed by atoms with Gasteiger partial charge in [0, 0.05) is 24.4 Å². The predicted molar refractivity (Wildman–Crippen MR) is 106 cm³/mol. The van der Waals surface area contributed by atoms with E-state index in [1.54, 1.807) is 0 Å². The van der Waals surface area contributed by atoms with Crippen molar-refractivity contribution in [1.29, 1.82) is 0 Å². The average molecular weight is 418 g/mol. The Kier molecular flexibility index (Phi) is 6.63. The van der Waals surface area contributed by atoms with E-state index in [0.717, 1.165) is 12.8 Å². The highest BCUT2D eigenvalue weighted by molar-refractivity contribution is 7.89. The van der Waals surface area contributed by atoms with E-state index < -0.39 is 16.0 Å². The second-order valence-corrected chi connectivity index (χ2v) is 8.30. The molecule has 1 unspecified atom stereocenters. The van der Waals surface area contributed by atoms with E-state index >= 15 is 0 Å². The van der Waals surface area contributed by atoms with Crippen LogP contribution >= 0.6 is 0 Å². The monoisotopic (exact) mass is 418 g/mol. The molecule has 0 spiro atoms. The van der Waals surface area contributed by atoms with Gasteiger partial charge in [-0.25, -0.2) is 17.9 Å². The summed E-state index contributed by atoms with van der Waals surface area (Å²) < 4.78 is 37.3. The summed E-state index contributed by atoms with van der Waals surface area (Å²) in [6.07, 6.45) is 1.69. The van der Waals surface area contributed by atoms with E-state index in [1.807, 2.05) is 0 Å². The largest absolute Gasteiger partial charge is 0.465 e. The molecule has 0 aromatic heterocycles. The third-order valence-electron chi connectivity index (χ3n) is 4.52. The number of nitrogens with one attached hydrogen (secondary N) is 2. The molecule has 1 amide bonds. The first-order valence-corrected chi connectivity index (χ1v) is 10.6. The van der Waals surface area contributed by atoms with Crippen molar-refractivity contribution in [1.82, 2.24) is 4.72 Å². The van der Waals surface area contributed by atoms with Gasteiger partial charge in [0.15, 0.2) is 0 Å². The Morgan fingerprint density at radius 3 is 2.31 bits per heavy atom. The van der Waals surface area contributed by atoms with E-state index in [0.29, 0.717) is 23.4 Å². The molecule has 2 N–H and O–H groups in total. The third kappa shape index (κ3) is 5.41. The van der Waals surface area contributed by atoms with Crippen molar-refractivity contribution in [3.05, 3.63) is 59.7 Å². The quantitative estimate of drug-likeness (QED) is 0.667. The Balaban J connectivity index is 1.60. The molecule has 1 aliphatic heterocycles. The first-order chi connectivity index (χ1) is 13.9. The summed E-state index contributed by atoms with van der Waals surface area (Å²) in [4.78, 5) is 23.9. The standard InChI is InChI=1S/C20H22N2O6S/c1-27-20(24)15-6-4-14(5-7-15)19(23)22-16-8-10-18(11-9-16)29(25,26)21-13-17-3-2-12-28-17/h4-11,17,21H,2-3,12-13H2,1H3,(H,22,23). The number of anilines is 1. The van der Waals surface area contributed by atoms with Crippen LogP contribution in [-0.2, 0) is 19.5 Å². The fraction of sp³-hybridized carbons (Fsp3) is 0.300. The minimum Gasteiger partial charge on any atom is -0.465 e. The normalized spacial score (nSPS) is 16.4. The third-order valence-corrected chi connectivity index (χ3v) is 5.96. The molecule has 9 heteroatoms. The average Bonchev–Trinajstić information content (AvgIpc) is 3.26. The fourth-order valence-electron chi connectivity index (χ4n) is 2.89. The summed E-state index contributed by atoms with van der Waals surface area (Å²) in [6, 6.07) is 11.9. The topological polar surface area (TPSA) is 111 Å². The smallest absolute Gasteiger partial charge is 0.337 e. The molecular weight excluding hydrogens is 396 g/mol. The molecule has 2 aromatic carbocycles. The molecule has 0 bridgehead atoms. The van der Waals surface area contributed by atoms with Gasteiger partial charge in [0.25, 0.3) is 5.91 Å². The second-order valence-electron chi connectivity index (χ2n) is 6.53. The van der Waals surface area contributed by atoms with Crippen LogP contribution in [0.25, 0.3) is 0 Å². The van der Waals surface area contributed by atoms with E-state index in [9.17, 15) is 18.0 Å². The van der Waals surface area contributed by atoms with Crippen molar-refractivity contribution in [2.24, 2.45) is 0 Å². The molecule has 154 valence electrons. The van der Waals surface area contributed by atoms with Crippen LogP contribution < -0.4 is 10.0 Å². The molecule has 29 heavy (non-hydrogen) atoms. The van der Waals surface area contributed by atoms with Gasteiger partial charge in [-0.1, -0.05) is 0 Å². The minimum absolute atomic E-state index is 0.0890. The zero-order valence-electron chi connectivity index (χ0n) is 15.9. The number of carbonyl (C=O) groups excluding carboxylic acids is 2. The molecule has 1 atom stereocenters. The molecule has 1 fully saturated rings. The maximum atomic E-state index is 12.4. The van der Waals surface area contributed by atoms with E-state index in [4.69, 9.17) is 4.74 Å². The first-order valence-electron chi connectivity index (χ1n) is 9.10. The van der Waals surface area contributed by atoms with Gasteiger partial charge < -0.3 is 14.8 Å². The Labute approximate surface area is 169 Å².